The van der Waals surface area contributed by atoms with E-state index in [0.717, 1.165) is 17.9 Å². The van der Waals surface area contributed by atoms with Gasteiger partial charge in [-0.15, -0.1) is 11.8 Å². The van der Waals surface area contributed by atoms with E-state index in [9.17, 15) is 13.2 Å². The predicted molar refractivity (Wildman–Crippen MR) is 98.7 cm³/mol. The summed E-state index contributed by atoms with van der Waals surface area (Å²) >= 11 is 7.35. The minimum atomic E-state index is -2.97. The van der Waals surface area contributed by atoms with Crippen LogP contribution in [-0.2, 0) is 14.6 Å². The van der Waals surface area contributed by atoms with Crippen LogP contribution in [0.2, 0.25) is 5.02 Å². The Morgan fingerprint density at radius 1 is 1.42 bits per heavy atom. The van der Waals surface area contributed by atoms with E-state index in [-0.39, 0.29) is 28.7 Å². The average Bonchev–Trinajstić information content (AvgIpc) is 2.87. The van der Waals surface area contributed by atoms with Crippen LogP contribution in [0.3, 0.4) is 0 Å². The average molecular weight is 392 g/mol. The van der Waals surface area contributed by atoms with Crippen molar-refractivity contribution in [1.82, 2.24) is 5.32 Å². The van der Waals surface area contributed by atoms with Crippen molar-refractivity contribution in [2.45, 2.75) is 31.1 Å². The highest BCUT2D eigenvalue weighted by Crippen LogP contribution is 2.17. The van der Waals surface area contributed by atoms with Crippen molar-refractivity contribution in [3.05, 3.63) is 29.3 Å². The summed E-state index contributed by atoms with van der Waals surface area (Å²) in [5.41, 5.74) is 0. The molecule has 8 heteroatoms. The van der Waals surface area contributed by atoms with Gasteiger partial charge in [-0.1, -0.05) is 11.6 Å². The molecule has 1 heterocycles. The van der Waals surface area contributed by atoms with Gasteiger partial charge in [0, 0.05) is 11.1 Å². The second kappa shape index (κ2) is 8.97. The third kappa shape index (κ3) is 6.53. The van der Waals surface area contributed by atoms with Crippen molar-refractivity contribution in [1.29, 1.82) is 0 Å². The number of benzene rings is 1. The Balaban J connectivity index is 1.59. The topological polar surface area (TPSA) is 72.5 Å². The molecule has 1 fully saturated rings. The van der Waals surface area contributed by atoms with E-state index in [2.05, 4.69) is 5.32 Å². The molecule has 0 bridgehead atoms. The lowest BCUT2D eigenvalue weighted by Gasteiger charge is -2.15. The molecule has 1 aliphatic rings. The molecule has 1 saturated heterocycles. The smallest absolute Gasteiger partial charge is 0.233 e. The predicted octanol–water partition coefficient (Wildman–Crippen LogP) is 2.53. The zero-order valence-electron chi connectivity index (χ0n) is 13.5. The molecule has 0 aromatic heterocycles. The fraction of sp³-hybridized carbons (Fsp3) is 0.562. The van der Waals surface area contributed by atoms with Gasteiger partial charge < -0.3 is 10.1 Å². The number of hydrogen-bond donors (Lipinski definition) is 1. The first-order valence-corrected chi connectivity index (χ1v) is 11.1. The fourth-order valence-corrected chi connectivity index (χ4v) is 5.00. The summed E-state index contributed by atoms with van der Waals surface area (Å²) in [7, 11) is -2.97. The van der Waals surface area contributed by atoms with E-state index in [1.54, 1.807) is 23.9 Å². The summed E-state index contributed by atoms with van der Waals surface area (Å²) < 4.78 is 28.4. The van der Waals surface area contributed by atoms with E-state index < -0.39 is 9.84 Å². The minimum Gasteiger partial charge on any atom is -0.494 e. The van der Waals surface area contributed by atoms with Crippen molar-refractivity contribution in [3.63, 3.8) is 0 Å². The fourth-order valence-electron chi connectivity index (χ4n) is 2.34. The maximum atomic E-state index is 12.1. The molecule has 2 atom stereocenters. The van der Waals surface area contributed by atoms with E-state index in [1.165, 1.54) is 0 Å². The van der Waals surface area contributed by atoms with Gasteiger partial charge in [0.1, 0.15) is 5.75 Å². The van der Waals surface area contributed by atoms with Gasteiger partial charge in [0.25, 0.3) is 0 Å². The Labute approximate surface area is 152 Å². The van der Waals surface area contributed by atoms with Crippen LogP contribution < -0.4 is 10.1 Å². The number of carbonyl (C=O) groups excluding carboxylic acids is 1. The number of sulfone groups is 1. The summed E-state index contributed by atoms with van der Waals surface area (Å²) in [6, 6.07) is 6.96. The maximum absolute atomic E-state index is 12.1. The van der Waals surface area contributed by atoms with Crippen molar-refractivity contribution >= 4 is 39.1 Å². The lowest BCUT2D eigenvalue weighted by molar-refractivity contribution is -0.120. The van der Waals surface area contributed by atoms with Crippen molar-refractivity contribution in [2.24, 2.45) is 0 Å². The van der Waals surface area contributed by atoms with Gasteiger partial charge in [0.05, 0.1) is 23.4 Å². The van der Waals surface area contributed by atoms with Gasteiger partial charge in [-0.25, -0.2) is 8.42 Å². The Morgan fingerprint density at radius 3 is 2.75 bits per heavy atom. The molecule has 1 N–H and O–H groups in total. The Kier molecular flexibility index (Phi) is 7.25. The molecule has 1 aliphatic heterocycles. The van der Waals surface area contributed by atoms with E-state index >= 15 is 0 Å². The summed E-state index contributed by atoms with van der Waals surface area (Å²) in [6.07, 6.45) is 1.34. The van der Waals surface area contributed by atoms with Gasteiger partial charge in [0.2, 0.25) is 5.91 Å². The first-order valence-electron chi connectivity index (χ1n) is 7.86. The third-order valence-electron chi connectivity index (χ3n) is 3.69. The lowest BCUT2D eigenvalue weighted by Crippen LogP contribution is -2.40. The first-order chi connectivity index (χ1) is 11.4. The molecule has 1 aromatic carbocycles. The molecule has 24 heavy (non-hydrogen) atoms. The van der Waals surface area contributed by atoms with Crippen molar-refractivity contribution < 1.29 is 17.9 Å². The standard InChI is InChI=1S/C16H22ClNO4S2/c1-12(16(19)18-14-7-10-24(20,21)11-14)23-9-2-8-22-15-5-3-13(17)4-6-15/h3-6,12,14H,2,7-11H2,1H3,(H,18,19). The minimum absolute atomic E-state index is 0.0606. The number of halogens is 1. The summed E-state index contributed by atoms with van der Waals surface area (Å²) in [6.45, 7) is 2.41. The second-order valence-corrected chi connectivity index (χ2v) is 9.89. The van der Waals surface area contributed by atoms with Crippen LogP contribution in [0.5, 0.6) is 5.75 Å². The third-order valence-corrected chi connectivity index (χ3v) is 6.95. The largest absolute Gasteiger partial charge is 0.494 e. The Hall–Kier alpha value is -0.920. The number of nitrogens with one attached hydrogen (secondary N) is 1. The number of rotatable bonds is 8. The molecule has 134 valence electrons. The van der Waals surface area contributed by atoms with Gasteiger partial charge >= 0.3 is 0 Å². The SMILES string of the molecule is CC(SCCCOc1ccc(Cl)cc1)C(=O)NC1CCS(=O)(=O)C1. The van der Waals surface area contributed by atoms with Crippen molar-refractivity contribution in [2.75, 3.05) is 23.9 Å². The first kappa shape index (κ1) is 19.4. The molecule has 0 spiro atoms. The van der Waals surface area contributed by atoms with Crippen LogP contribution in [0, 0.1) is 0 Å². The van der Waals surface area contributed by atoms with E-state index in [0.29, 0.717) is 18.1 Å². The quantitative estimate of drug-likeness (QED) is 0.689. The van der Waals surface area contributed by atoms with Crippen LogP contribution in [0.4, 0.5) is 0 Å². The van der Waals surface area contributed by atoms with Crippen molar-refractivity contribution in [3.8, 4) is 5.75 Å². The zero-order chi connectivity index (χ0) is 17.6. The van der Waals surface area contributed by atoms with E-state index in [1.807, 2.05) is 19.1 Å². The maximum Gasteiger partial charge on any atom is 0.233 e. The second-order valence-electron chi connectivity index (χ2n) is 5.78. The highest BCUT2D eigenvalue weighted by atomic mass is 35.5. The van der Waals surface area contributed by atoms with Gasteiger partial charge in [-0.2, -0.15) is 0 Å². The Bertz CT molecular complexity index is 649. The molecule has 2 rings (SSSR count). The van der Waals surface area contributed by atoms with E-state index in [4.69, 9.17) is 16.3 Å². The summed E-state index contributed by atoms with van der Waals surface area (Å²) in [4.78, 5) is 12.1. The molecule has 5 nitrogen and oxygen atoms in total. The van der Waals surface area contributed by atoms with Gasteiger partial charge in [-0.3, -0.25) is 4.79 Å². The molecule has 0 saturated carbocycles. The summed E-state index contributed by atoms with van der Waals surface area (Å²) in [5.74, 6) is 1.70. The highest BCUT2D eigenvalue weighted by Gasteiger charge is 2.29. The van der Waals surface area contributed by atoms with Gasteiger partial charge in [-0.05, 0) is 49.8 Å². The molecule has 0 aliphatic carbocycles. The van der Waals surface area contributed by atoms with Crippen LogP contribution in [-0.4, -0.2) is 49.5 Å². The normalized spacial score (nSPS) is 20.5. The number of carbonyl (C=O) groups is 1. The molecule has 1 amide bonds. The van der Waals surface area contributed by atoms with Crippen LogP contribution in [0.1, 0.15) is 19.8 Å². The molecular weight excluding hydrogens is 370 g/mol. The number of thioether (sulfide) groups is 1. The highest BCUT2D eigenvalue weighted by molar-refractivity contribution is 8.00. The number of amides is 1. The lowest BCUT2D eigenvalue weighted by atomic mass is 10.2. The van der Waals surface area contributed by atoms with Crippen LogP contribution >= 0.6 is 23.4 Å². The number of ether oxygens (including phenoxy) is 1. The Morgan fingerprint density at radius 2 is 2.12 bits per heavy atom. The van der Waals surface area contributed by atoms with Crippen LogP contribution in [0.25, 0.3) is 0 Å². The molecule has 1 aromatic rings. The molecule has 0 radical (unpaired) electrons. The molecular formula is C16H22ClNO4S2. The van der Waals surface area contributed by atoms with Crippen LogP contribution in [0.15, 0.2) is 24.3 Å². The summed E-state index contributed by atoms with van der Waals surface area (Å²) in [5, 5.41) is 3.29. The number of hydrogen-bond acceptors (Lipinski definition) is 5. The zero-order valence-corrected chi connectivity index (χ0v) is 15.9. The molecule has 2 unspecified atom stereocenters. The van der Waals surface area contributed by atoms with Gasteiger partial charge in [0.15, 0.2) is 9.84 Å². The monoisotopic (exact) mass is 391 g/mol.